The largest absolute Gasteiger partial charge is 0.365 e. The van der Waals surface area contributed by atoms with Crippen molar-refractivity contribution in [2.45, 2.75) is 0 Å². The lowest BCUT2D eigenvalue weighted by Crippen LogP contribution is -2.15. The third kappa shape index (κ3) is 3.82. The minimum absolute atomic E-state index is 0.0166. The quantitative estimate of drug-likeness (QED) is 0.831. The standard InChI is InChI=1S/C14H12F2N4O/c1-2-7-17-13-6-5-12(19-20-13)14(21)18-11-4-3-9(15)8-10(11)16/h2-6,8H,1,7H2,(H,17,20)(H,18,21). The number of nitrogens with one attached hydrogen (secondary N) is 2. The lowest BCUT2D eigenvalue weighted by atomic mass is 10.2. The predicted octanol–water partition coefficient (Wildman–Crippen LogP) is 2.61. The molecule has 0 spiro atoms. The minimum atomic E-state index is -0.861. The molecule has 0 atom stereocenters. The number of anilines is 2. The maximum absolute atomic E-state index is 13.4. The Morgan fingerprint density at radius 2 is 2.05 bits per heavy atom. The van der Waals surface area contributed by atoms with Crippen LogP contribution in [0.1, 0.15) is 10.5 Å². The second-order valence-corrected chi connectivity index (χ2v) is 4.05. The molecule has 0 unspecified atom stereocenters. The molecule has 0 bridgehead atoms. The van der Waals surface area contributed by atoms with Gasteiger partial charge < -0.3 is 10.6 Å². The van der Waals surface area contributed by atoms with Crippen molar-refractivity contribution in [1.29, 1.82) is 0 Å². The van der Waals surface area contributed by atoms with Crippen LogP contribution in [-0.2, 0) is 0 Å². The summed E-state index contributed by atoms with van der Waals surface area (Å²) in [7, 11) is 0. The number of halogens is 2. The number of hydrogen-bond acceptors (Lipinski definition) is 4. The van der Waals surface area contributed by atoms with Crippen molar-refractivity contribution in [3.63, 3.8) is 0 Å². The van der Waals surface area contributed by atoms with Crippen LogP contribution in [0.3, 0.4) is 0 Å². The number of nitrogens with zero attached hydrogens (tertiary/aromatic N) is 2. The average Bonchev–Trinajstić information content (AvgIpc) is 2.48. The van der Waals surface area contributed by atoms with Crippen LogP contribution in [0.5, 0.6) is 0 Å². The maximum Gasteiger partial charge on any atom is 0.276 e. The number of carbonyl (C=O) groups is 1. The van der Waals surface area contributed by atoms with Gasteiger partial charge in [-0.15, -0.1) is 16.8 Å². The molecule has 5 nitrogen and oxygen atoms in total. The van der Waals surface area contributed by atoms with Crippen molar-refractivity contribution in [1.82, 2.24) is 10.2 Å². The lowest BCUT2D eigenvalue weighted by Gasteiger charge is -2.06. The van der Waals surface area contributed by atoms with Crippen LogP contribution >= 0.6 is 0 Å². The molecular weight excluding hydrogens is 278 g/mol. The van der Waals surface area contributed by atoms with Crippen molar-refractivity contribution in [2.24, 2.45) is 0 Å². The summed E-state index contributed by atoms with van der Waals surface area (Å²) in [4.78, 5) is 11.9. The van der Waals surface area contributed by atoms with Gasteiger partial charge in [0.2, 0.25) is 0 Å². The van der Waals surface area contributed by atoms with Crippen molar-refractivity contribution < 1.29 is 13.6 Å². The highest BCUT2D eigenvalue weighted by Crippen LogP contribution is 2.15. The summed E-state index contributed by atoms with van der Waals surface area (Å²) >= 11 is 0. The molecule has 7 heteroatoms. The van der Waals surface area contributed by atoms with E-state index in [1.54, 1.807) is 12.1 Å². The van der Waals surface area contributed by atoms with Crippen molar-refractivity contribution in [2.75, 3.05) is 17.2 Å². The molecule has 0 aliphatic carbocycles. The van der Waals surface area contributed by atoms with Crippen LogP contribution < -0.4 is 10.6 Å². The molecule has 1 aromatic carbocycles. The monoisotopic (exact) mass is 290 g/mol. The van der Waals surface area contributed by atoms with Gasteiger partial charge in [-0.2, -0.15) is 0 Å². The number of hydrogen-bond donors (Lipinski definition) is 2. The van der Waals surface area contributed by atoms with Gasteiger partial charge in [0.05, 0.1) is 5.69 Å². The van der Waals surface area contributed by atoms with E-state index in [2.05, 4.69) is 27.4 Å². The lowest BCUT2D eigenvalue weighted by molar-refractivity contribution is 0.102. The van der Waals surface area contributed by atoms with E-state index in [1.165, 1.54) is 6.07 Å². The Kier molecular flexibility index (Phi) is 4.55. The second kappa shape index (κ2) is 6.56. The molecule has 0 saturated carbocycles. The van der Waals surface area contributed by atoms with E-state index in [-0.39, 0.29) is 11.4 Å². The Balaban J connectivity index is 2.07. The number of carbonyl (C=O) groups excluding carboxylic acids is 1. The van der Waals surface area contributed by atoms with Crippen LogP contribution in [0.25, 0.3) is 0 Å². The molecule has 0 radical (unpaired) electrons. The molecule has 1 aromatic heterocycles. The molecule has 1 heterocycles. The summed E-state index contributed by atoms with van der Waals surface area (Å²) in [6.07, 6.45) is 1.65. The van der Waals surface area contributed by atoms with Crippen LogP contribution in [0.4, 0.5) is 20.3 Å². The fraction of sp³-hybridized carbons (Fsp3) is 0.0714. The van der Waals surface area contributed by atoms with Gasteiger partial charge in [0.1, 0.15) is 17.5 Å². The zero-order valence-corrected chi connectivity index (χ0v) is 10.9. The molecule has 0 fully saturated rings. The normalized spacial score (nSPS) is 10.0. The molecule has 21 heavy (non-hydrogen) atoms. The smallest absolute Gasteiger partial charge is 0.276 e. The van der Waals surface area contributed by atoms with E-state index in [9.17, 15) is 13.6 Å². The highest BCUT2D eigenvalue weighted by molar-refractivity contribution is 6.02. The van der Waals surface area contributed by atoms with Gasteiger partial charge in [0.15, 0.2) is 5.69 Å². The number of amides is 1. The molecule has 2 aromatic rings. The Bertz CT molecular complexity index is 659. The van der Waals surface area contributed by atoms with Crippen LogP contribution in [-0.4, -0.2) is 22.6 Å². The number of aromatic nitrogens is 2. The number of rotatable bonds is 5. The van der Waals surface area contributed by atoms with Crippen LogP contribution in [0.2, 0.25) is 0 Å². The zero-order chi connectivity index (χ0) is 15.2. The predicted molar refractivity (Wildman–Crippen MR) is 75.0 cm³/mol. The molecular formula is C14H12F2N4O. The highest BCUT2D eigenvalue weighted by atomic mass is 19.1. The van der Waals surface area contributed by atoms with Gasteiger partial charge >= 0.3 is 0 Å². The average molecular weight is 290 g/mol. The molecule has 0 saturated heterocycles. The fourth-order valence-electron chi connectivity index (χ4n) is 1.50. The van der Waals surface area contributed by atoms with E-state index in [0.29, 0.717) is 18.4 Å². The van der Waals surface area contributed by atoms with Gasteiger partial charge in [-0.3, -0.25) is 4.79 Å². The van der Waals surface area contributed by atoms with Gasteiger partial charge in [-0.1, -0.05) is 6.08 Å². The number of benzene rings is 1. The summed E-state index contributed by atoms with van der Waals surface area (Å²) in [5.74, 6) is -1.73. The van der Waals surface area contributed by atoms with E-state index < -0.39 is 17.5 Å². The molecule has 1 amide bonds. The summed E-state index contributed by atoms with van der Waals surface area (Å²) < 4.78 is 26.2. The van der Waals surface area contributed by atoms with E-state index >= 15 is 0 Å². The van der Waals surface area contributed by atoms with E-state index in [0.717, 1.165) is 12.1 Å². The van der Waals surface area contributed by atoms with E-state index in [4.69, 9.17) is 0 Å². The maximum atomic E-state index is 13.4. The van der Waals surface area contributed by atoms with Crippen molar-refractivity contribution in [3.05, 3.63) is 60.3 Å². The summed E-state index contributed by atoms with van der Waals surface area (Å²) in [6.45, 7) is 4.06. The SMILES string of the molecule is C=CCNc1ccc(C(=O)Nc2ccc(F)cc2F)nn1. The third-order valence-electron chi connectivity index (χ3n) is 2.50. The Labute approximate surface area is 119 Å². The Morgan fingerprint density at radius 3 is 2.67 bits per heavy atom. The van der Waals surface area contributed by atoms with Gasteiger partial charge in [0.25, 0.3) is 5.91 Å². The highest BCUT2D eigenvalue weighted by Gasteiger charge is 2.11. The van der Waals surface area contributed by atoms with Crippen LogP contribution in [0, 0.1) is 11.6 Å². The summed E-state index contributed by atoms with van der Waals surface area (Å²) in [6, 6.07) is 5.87. The first-order chi connectivity index (χ1) is 10.1. The molecule has 0 aliphatic rings. The Morgan fingerprint density at radius 1 is 1.24 bits per heavy atom. The van der Waals surface area contributed by atoms with Crippen molar-refractivity contribution in [3.8, 4) is 0 Å². The topological polar surface area (TPSA) is 66.9 Å². The van der Waals surface area contributed by atoms with Gasteiger partial charge in [0, 0.05) is 12.6 Å². The van der Waals surface area contributed by atoms with Crippen molar-refractivity contribution >= 4 is 17.4 Å². The first-order valence-corrected chi connectivity index (χ1v) is 6.05. The zero-order valence-electron chi connectivity index (χ0n) is 10.9. The molecule has 2 rings (SSSR count). The fourth-order valence-corrected chi connectivity index (χ4v) is 1.50. The second-order valence-electron chi connectivity index (χ2n) is 4.05. The summed E-state index contributed by atoms with van der Waals surface area (Å²) in [5, 5.41) is 12.7. The first kappa shape index (κ1) is 14.6. The Hall–Kier alpha value is -2.83. The van der Waals surface area contributed by atoms with Crippen LogP contribution in [0.15, 0.2) is 43.0 Å². The first-order valence-electron chi connectivity index (χ1n) is 6.05. The van der Waals surface area contributed by atoms with Gasteiger partial charge in [-0.05, 0) is 24.3 Å². The minimum Gasteiger partial charge on any atom is -0.365 e. The summed E-state index contributed by atoms with van der Waals surface area (Å²) in [5.41, 5.74) is -0.111. The molecule has 2 N–H and O–H groups in total. The van der Waals surface area contributed by atoms with E-state index in [1.807, 2.05) is 0 Å². The molecule has 108 valence electrons. The molecule has 0 aliphatic heterocycles. The third-order valence-corrected chi connectivity index (χ3v) is 2.50. The van der Waals surface area contributed by atoms with Gasteiger partial charge in [-0.25, -0.2) is 8.78 Å².